The van der Waals surface area contributed by atoms with Gasteiger partial charge in [0.05, 0.1) is 15.5 Å². The average Bonchev–Trinajstić information content (AvgIpc) is 2.61. The third-order valence-electron chi connectivity index (χ3n) is 3.70. The number of sulfonamides is 1. The van der Waals surface area contributed by atoms with Crippen LogP contribution in [0.5, 0.6) is 0 Å². The van der Waals surface area contributed by atoms with E-state index in [0.29, 0.717) is 13.1 Å². The Hall–Kier alpha value is -1.96. The predicted molar refractivity (Wildman–Crippen MR) is 97.0 cm³/mol. The first kappa shape index (κ1) is 19.4. The number of halogens is 1. The normalized spacial score (nSPS) is 11.5. The Morgan fingerprint density at radius 1 is 1.24 bits per heavy atom. The van der Waals surface area contributed by atoms with Crippen molar-refractivity contribution in [3.8, 4) is 0 Å². The number of rotatable bonds is 7. The molecule has 1 aromatic heterocycles. The molecule has 0 radical (unpaired) electrons. The standard InChI is InChI=1S/C17H20ClN3O3S/c1-3-21(4-2)25(23,24)14-7-8-16(18)15(10-14)17(22)20-12-13-6-5-9-19-11-13/h5-11H,3-4,12H2,1-2H3,(H,20,22). The topological polar surface area (TPSA) is 79.4 Å². The highest BCUT2D eigenvalue weighted by molar-refractivity contribution is 7.89. The van der Waals surface area contributed by atoms with E-state index >= 15 is 0 Å². The number of carbonyl (C=O) groups is 1. The number of nitrogens with one attached hydrogen (secondary N) is 1. The van der Waals surface area contributed by atoms with Crippen LogP contribution in [0.3, 0.4) is 0 Å². The Morgan fingerprint density at radius 2 is 1.96 bits per heavy atom. The summed E-state index contributed by atoms with van der Waals surface area (Å²) in [6, 6.07) is 7.75. The zero-order valence-corrected chi connectivity index (χ0v) is 15.6. The molecule has 1 aromatic carbocycles. The van der Waals surface area contributed by atoms with E-state index in [2.05, 4.69) is 10.3 Å². The van der Waals surface area contributed by atoms with Crippen molar-refractivity contribution in [3.63, 3.8) is 0 Å². The molecule has 0 saturated carbocycles. The summed E-state index contributed by atoms with van der Waals surface area (Å²) >= 11 is 6.09. The fraction of sp³-hybridized carbons (Fsp3) is 0.294. The molecule has 134 valence electrons. The van der Waals surface area contributed by atoms with Crippen LogP contribution >= 0.6 is 11.6 Å². The maximum atomic E-state index is 12.6. The Balaban J connectivity index is 2.25. The van der Waals surface area contributed by atoms with Crippen molar-refractivity contribution in [2.24, 2.45) is 0 Å². The van der Waals surface area contributed by atoms with Crippen LogP contribution in [-0.2, 0) is 16.6 Å². The zero-order valence-electron chi connectivity index (χ0n) is 14.1. The average molecular weight is 382 g/mol. The number of aromatic nitrogens is 1. The van der Waals surface area contributed by atoms with E-state index in [1.165, 1.54) is 22.5 Å². The molecule has 25 heavy (non-hydrogen) atoms. The molecule has 1 heterocycles. The summed E-state index contributed by atoms with van der Waals surface area (Å²) in [6.45, 7) is 4.50. The van der Waals surface area contributed by atoms with Gasteiger partial charge in [-0.1, -0.05) is 31.5 Å². The lowest BCUT2D eigenvalue weighted by Crippen LogP contribution is -2.31. The van der Waals surface area contributed by atoms with E-state index in [9.17, 15) is 13.2 Å². The first-order valence-corrected chi connectivity index (χ1v) is 9.68. The van der Waals surface area contributed by atoms with Crippen molar-refractivity contribution in [3.05, 3.63) is 58.9 Å². The maximum Gasteiger partial charge on any atom is 0.253 e. The van der Waals surface area contributed by atoms with Crippen molar-refractivity contribution in [1.29, 1.82) is 0 Å². The van der Waals surface area contributed by atoms with Crippen molar-refractivity contribution < 1.29 is 13.2 Å². The Bertz CT molecular complexity index is 837. The summed E-state index contributed by atoms with van der Waals surface area (Å²) in [5.74, 6) is -0.439. The maximum absolute atomic E-state index is 12.6. The molecule has 1 N–H and O–H groups in total. The van der Waals surface area contributed by atoms with Gasteiger partial charge in [-0.25, -0.2) is 8.42 Å². The van der Waals surface area contributed by atoms with Crippen LogP contribution in [0.1, 0.15) is 29.8 Å². The molecule has 2 rings (SSSR count). The smallest absolute Gasteiger partial charge is 0.253 e. The predicted octanol–water partition coefficient (Wildman–Crippen LogP) is 2.70. The number of hydrogen-bond acceptors (Lipinski definition) is 4. The molecule has 2 aromatic rings. The van der Waals surface area contributed by atoms with E-state index in [-0.39, 0.29) is 22.0 Å². The molecule has 0 unspecified atom stereocenters. The van der Waals surface area contributed by atoms with Crippen LogP contribution in [0.4, 0.5) is 0 Å². The minimum Gasteiger partial charge on any atom is -0.348 e. The molecule has 0 bridgehead atoms. The van der Waals surface area contributed by atoms with E-state index in [4.69, 9.17) is 11.6 Å². The van der Waals surface area contributed by atoms with Crippen molar-refractivity contribution in [1.82, 2.24) is 14.6 Å². The molecule has 0 aliphatic carbocycles. The summed E-state index contributed by atoms with van der Waals surface area (Å²) < 4.78 is 26.5. The van der Waals surface area contributed by atoms with Gasteiger partial charge in [0.25, 0.3) is 5.91 Å². The summed E-state index contributed by atoms with van der Waals surface area (Å²) in [4.78, 5) is 16.4. The molecule has 0 fully saturated rings. The lowest BCUT2D eigenvalue weighted by molar-refractivity contribution is 0.0951. The van der Waals surface area contributed by atoms with E-state index in [1.807, 2.05) is 6.07 Å². The van der Waals surface area contributed by atoms with Gasteiger partial charge in [0.2, 0.25) is 10.0 Å². The highest BCUT2D eigenvalue weighted by atomic mass is 35.5. The van der Waals surface area contributed by atoms with Gasteiger partial charge in [0.15, 0.2) is 0 Å². The monoisotopic (exact) mass is 381 g/mol. The third-order valence-corrected chi connectivity index (χ3v) is 6.08. The van der Waals surface area contributed by atoms with Gasteiger partial charge in [-0.15, -0.1) is 0 Å². The van der Waals surface area contributed by atoms with E-state index in [0.717, 1.165) is 5.56 Å². The summed E-state index contributed by atoms with van der Waals surface area (Å²) in [5.41, 5.74) is 0.956. The Labute approximate surface area is 152 Å². The lowest BCUT2D eigenvalue weighted by Gasteiger charge is -2.19. The van der Waals surface area contributed by atoms with Crippen LogP contribution < -0.4 is 5.32 Å². The molecule has 1 amide bonds. The number of nitrogens with zero attached hydrogens (tertiary/aromatic N) is 2. The molecule has 0 saturated heterocycles. The van der Waals surface area contributed by atoms with Crippen LogP contribution in [0, 0.1) is 0 Å². The first-order chi connectivity index (χ1) is 11.9. The molecule has 0 atom stereocenters. The number of pyridine rings is 1. The number of carbonyl (C=O) groups excluding carboxylic acids is 1. The van der Waals surface area contributed by atoms with Crippen molar-refractivity contribution >= 4 is 27.5 Å². The highest BCUT2D eigenvalue weighted by Crippen LogP contribution is 2.23. The Kier molecular flexibility index (Phi) is 6.52. The molecule has 0 spiro atoms. The zero-order chi connectivity index (χ0) is 18.4. The SMILES string of the molecule is CCN(CC)S(=O)(=O)c1ccc(Cl)c(C(=O)NCc2cccnc2)c1. The number of benzene rings is 1. The lowest BCUT2D eigenvalue weighted by atomic mass is 10.2. The molecule has 8 heteroatoms. The van der Waals surface area contributed by atoms with Gasteiger partial charge in [-0.3, -0.25) is 9.78 Å². The molecule has 6 nitrogen and oxygen atoms in total. The van der Waals surface area contributed by atoms with Gasteiger partial charge in [-0.05, 0) is 29.8 Å². The quantitative estimate of drug-likeness (QED) is 0.799. The second-order valence-electron chi connectivity index (χ2n) is 5.27. The fourth-order valence-electron chi connectivity index (χ4n) is 2.33. The second-order valence-corrected chi connectivity index (χ2v) is 7.62. The van der Waals surface area contributed by atoms with Gasteiger partial charge in [-0.2, -0.15) is 4.31 Å². The number of amides is 1. The van der Waals surface area contributed by atoms with Gasteiger partial charge < -0.3 is 5.32 Å². The largest absolute Gasteiger partial charge is 0.348 e. The van der Waals surface area contributed by atoms with Crippen molar-refractivity contribution in [2.45, 2.75) is 25.3 Å². The van der Waals surface area contributed by atoms with Gasteiger partial charge in [0, 0.05) is 32.0 Å². The van der Waals surface area contributed by atoms with Crippen molar-refractivity contribution in [2.75, 3.05) is 13.1 Å². The minimum atomic E-state index is -3.66. The second kappa shape index (κ2) is 8.42. The molecule has 0 aliphatic heterocycles. The highest BCUT2D eigenvalue weighted by Gasteiger charge is 2.23. The van der Waals surface area contributed by atoms with E-state index in [1.54, 1.807) is 32.3 Å². The fourth-order valence-corrected chi connectivity index (χ4v) is 4.02. The summed E-state index contributed by atoms with van der Waals surface area (Å²) in [6.07, 6.45) is 3.28. The van der Waals surface area contributed by atoms with Gasteiger partial charge in [0.1, 0.15) is 0 Å². The number of hydrogen-bond donors (Lipinski definition) is 1. The molecular weight excluding hydrogens is 362 g/mol. The van der Waals surface area contributed by atoms with Gasteiger partial charge >= 0.3 is 0 Å². The third kappa shape index (κ3) is 4.56. The van der Waals surface area contributed by atoms with E-state index < -0.39 is 15.9 Å². The van der Waals surface area contributed by atoms with Crippen LogP contribution in [0.15, 0.2) is 47.6 Å². The van der Waals surface area contributed by atoms with Crippen LogP contribution in [0.25, 0.3) is 0 Å². The summed E-state index contributed by atoms with van der Waals surface area (Å²) in [7, 11) is -3.66. The minimum absolute atomic E-state index is 0.0483. The van der Waals surface area contributed by atoms with Crippen LogP contribution in [-0.4, -0.2) is 36.7 Å². The van der Waals surface area contributed by atoms with Crippen LogP contribution in [0.2, 0.25) is 5.02 Å². The Morgan fingerprint density at radius 3 is 2.56 bits per heavy atom. The first-order valence-electron chi connectivity index (χ1n) is 7.87. The molecule has 0 aliphatic rings. The molecular formula is C17H20ClN3O3S. The summed E-state index contributed by atoms with van der Waals surface area (Å²) in [5, 5.41) is 2.92.